The smallest absolute Gasteiger partial charge is 0.341 e. The van der Waals surface area contributed by atoms with Crippen LogP contribution >= 0.6 is 0 Å². The molecule has 0 spiro atoms. The number of hydrogen-bond donors (Lipinski definition) is 0. The summed E-state index contributed by atoms with van der Waals surface area (Å²) in [7, 11) is 1.58. The fraction of sp³-hybridized carbons (Fsp3) is 0.296. The number of aryl methyl sites for hydroxylation is 1. The van der Waals surface area contributed by atoms with Gasteiger partial charge in [-0.1, -0.05) is 18.2 Å². The number of rotatable bonds is 9. The molecule has 0 bridgehead atoms. The van der Waals surface area contributed by atoms with E-state index in [1.54, 1.807) is 67.3 Å². The van der Waals surface area contributed by atoms with Gasteiger partial charge >= 0.3 is 5.97 Å². The third-order valence-electron chi connectivity index (χ3n) is 5.64. The number of ether oxygens (including phenoxy) is 3. The first-order valence-corrected chi connectivity index (χ1v) is 12.0. The zero-order valence-corrected chi connectivity index (χ0v) is 21.0. The zero-order chi connectivity index (χ0) is 26.4. The van der Waals surface area contributed by atoms with Crippen LogP contribution in [-0.4, -0.2) is 52.8 Å². The highest BCUT2D eigenvalue weighted by Crippen LogP contribution is 2.19. The zero-order valence-electron chi connectivity index (χ0n) is 21.0. The number of carbonyl (C=O) groups excluding carboxylic acids is 2. The summed E-state index contributed by atoms with van der Waals surface area (Å²) in [5, 5.41) is 0.199. The van der Waals surface area contributed by atoms with Crippen molar-refractivity contribution in [2.75, 3.05) is 26.9 Å². The number of methoxy groups -OCH3 is 1. The Hall–Kier alpha value is -4.31. The summed E-state index contributed by atoms with van der Waals surface area (Å²) in [6.45, 7) is 4.66. The van der Waals surface area contributed by atoms with Gasteiger partial charge in [0.05, 0.1) is 24.2 Å². The molecule has 0 saturated heterocycles. The highest BCUT2D eigenvalue weighted by atomic mass is 16.5. The summed E-state index contributed by atoms with van der Waals surface area (Å²) in [5.41, 5.74) is 0.642. The molecule has 192 valence electrons. The Bertz CT molecular complexity index is 1590. The molecule has 0 saturated carbocycles. The maximum absolute atomic E-state index is 13.4. The second kappa shape index (κ2) is 11.6. The molecule has 0 aliphatic heterocycles. The lowest BCUT2D eigenvalue weighted by Crippen LogP contribution is -2.33. The molecule has 3 heterocycles. The Balaban J connectivity index is 2.08. The Labute approximate surface area is 212 Å². The second-order valence-corrected chi connectivity index (χ2v) is 8.03. The van der Waals surface area contributed by atoms with Crippen molar-refractivity contribution in [3.05, 3.63) is 81.7 Å². The van der Waals surface area contributed by atoms with E-state index in [1.807, 2.05) is 6.92 Å². The monoisotopic (exact) mass is 504 g/mol. The number of para-hydroxylation sites is 1. The number of nitrogens with zero attached hydrogens (tertiary/aromatic N) is 4. The fourth-order valence-corrected chi connectivity index (χ4v) is 4.02. The van der Waals surface area contributed by atoms with Crippen molar-refractivity contribution in [3.8, 4) is 5.75 Å². The minimum atomic E-state index is -0.702. The average molecular weight is 505 g/mol. The molecule has 10 nitrogen and oxygen atoms in total. The number of benzene rings is 1. The molecule has 0 atom stereocenters. The van der Waals surface area contributed by atoms with Crippen molar-refractivity contribution in [1.29, 1.82) is 0 Å². The second-order valence-electron chi connectivity index (χ2n) is 8.03. The standard InChI is InChI=1S/C27H28N4O6/c1-4-36-21-12-7-6-11-18(21)25(32)29-24-20(27(34)37-5-2)17-19-23(31(24)15-10-16-35-3)28-22-13-8-9-14-30(22)26(19)33/h6-9,11-14,17H,4-5,10,15-16H2,1-3H3. The van der Waals surface area contributed by atoms with E-state index in [-0.39, 0.29) is 40.7 Å². The number of pyridine rings is 2. The number of aromatic nitrogens is 3. The first-order chi connectivity index (χ1) is 18.0. The summed E-state index contributed by atoms with van der Waals surface area (Å²) in [6, 6.07) is 13.4. The molecule has 1 amide bonds. The van der Waals surface area contributed by atoms with Gasteiger partial charge in [0.15, 0.2) is 5.49 Å². The van der Waals surface area contributed by atoms with Crippen LogP contribution in [0.4, 0.5) is 0 Å². The largest absolute Gasteiger partial charge is 0.493 e. The van der Waals surface area contributed by atoms with Crippen LogP contribution in [0, 0.1) is 0 Å². The third kappa shape index (κ3) is 5.29. The van der Waals surface area contributed by atoms with Gasteiger partial charge in [-0.15, -0.1) is 0 Å². The summed E-state index contributed by atoms with van der Waals surface area (Å²) >= 11 is 0. The van der Waals surface area contributed by atoms with E-state index < -0.39 is 11.9 Å². The lowest BCUT2D eigenvalue weighted by Gasteiger charge is -2.15. The van der Waals surface area contributed by atoms with Crippen LogP contribution in [0.15, 0.2) is 64.5 Å². The molecule has 37 heavy (non-hydrogen) atoms. The van der Waals surface area contributed by atoms with E-state index in [1.165, 1.54) is 10.5 Å². The predicted molar refractivity (Wildman–Crippen MR) is 137 cm³/mol. The molecular formula is C27H28N4O6. The predicted octanol–water partition coefficient (Wildman–Crippen LogP) is 3.00. The summed E-state index contributed by atoms with van der Waals surface area (Å²) in [5.74, 6) is -0.926. The van der Waals surface area contributed by atoms with Crippen LogP contribution in [0.3, 0.4) is 0 Å². The van der Waals surface area contributed by atoms with Crippen molar-refractivity contribution >= 4 is 28.6 Å². The van der Waals surface area contributed by atoms with Gasteiger partial charge in [-0.2, -0.15) is 4.99 Å². The summed E-state index contributed by atoms with van der Waals surface area (Å²) in [4.78, 5) is 48.9. The molecule has 0 aliphatic rings. The Morgan fingerprint density at radius 2 is 1.81 bits per heavy atom. The molecule has 1 aromatic carbocycles. The number of amides is 1. The number of esters is 1. The average Bonchev–Trinajstić information content (AvgIpc) is 2.90. The van der Waals surface area contributed by atoms with E-state index in [9.17, 15) is 14.4 Å². The first-order valence-electron chi connectivity index (χ1n) is 12.0. The fourth-order valence-electron chi connectivity index (χ4n) is 4.02. The lowest BCUT2D eigenvalue weighted by molar-refractivity contribution is 0.0523. The van der Waals surface area contributed by atoms with E-state index in [2.05, 4.69) is 9.98 Å². The van der Waals surface area contributed by atoms with Crippen LogP contribution in [0.5, 0.6) is 5.75 Å². The first kappa shape index (κ1) is 25.8. The minimum Gasteiger partial charge on any atom is -0.493 e. The molecule has 4 rings (SSSR count). The van der Waals surface area contributed by atoms with E-state index in [4.69, 9.17) is 14.2 Å². The maximum atomic E-state index is 13.4. The molecule has 0 unspecified atom stereocenters. The van der Waals surface area contributed by atoms with E-state index in [0.29, 0.717) is 36.7 Å². The Morgan fingerprint density at radius 1 is 1.03 bits per heavy atom. The van der Waals surface area contributed by atoms with Gasteiger partial charge in [-0.05, 0) is 50.6 Å². The topological polar surface area (TPSA) is 113 Å². The van der Waals surface area contributed by atoms with Crippen LogP contribution in [-0.2, 0) is 16.0 Å². The summed E-state index contributed by atoms with van der Waals surface area (Å²) in [6.07, 6.45) is 2.13. The number of fused-ring (bicyclic) bond motifs is 2. The Kier molecular flexibility index (Phi) is 8.09. The normalized spacial score (nSPS) is 11.7. The van der Waals surface area contributed by atoms with Crippen molar-refractivity contribution in [2.24, 2.45) is 4.99 Å². The van der Waals surface area contributed by atoms with Crippen molar-refractivity contribution in [2.45, 2.75) is 26.8 Å². The van der Waals surface area contributed by atoms with E-state index >= 15 is 0 Å². The molecule has 10 heteroatoms. The van der Waals surface area contributed by atoms with Gasteiger partial charge in [-0.25, -0.2) is 9.78 Å². The lowest BCUT2D eigenvalue weighted by atomic mass is 10.1. The molecular weight excluding hydrogens is 476 g/mol. The van der Waals surface area contributed by atoms with Gasteiger partial charge in [0, 0.05) is 26.5 Å². The van der Waals surface area contributed by atoms with Crippen molar-refractivity contribution < 1.29 is 23.8 Å². The molecule has 4 aromatic rings. The summed E-state index contributed by atoms with van der Waals surface area (Å²) < 4.78 is 19.1. The molecule has 0 radical (unpaired) electrons. The van der Waals surface area contributed by atoms with Gasteiger partial charge in [-0.3, -0.25) is 14.0 Å². The minimum absolute atomic E-state index is 0.0104. The van der Waals surface area contributed by atoms with Gasteiger partial charge < -0.3 is 18.8 Å². The highest BCUT2D eigenvalue weighted by Gasteiger charge is 2.21. The van der Waals surface area contributed by atoms with Crippen LogP contribution < -0.4 is 15.8 Å². The van der Waals surface area contributed by atoms with Gasteiger partial charge in [0.1, 0.15) is 22.6 Å². The molecule has 0 aliphatic carbocycles. The Morgan fingerprint density at radius 3 is 2.57 bits per heavy atom. The quantitative estimate of drug-likeness (QED) is 0.196. The maximum Gasteiger partial charge on any atom is 0.341 e. The molecule has 0 N–H and O–H groups in total. The third-order valence-corrected chi connectivity index (χ3v) is 5.64. The molecule has 0 fully saturated rings. The van der Waals surface area contributed by atoms with Crippen molar-refractivity contribution in [3.63, 3.8) is 0 Å². The highest BCUT2D eigenvalue weighted by molar-refractivity contribution is 5.99. The van der Waals surface area contributed by atoms with Crippen LogP contribution in [0.2, 0.25) is 0 Å². The van der Waals surface area contributed by atoms with Crippen LogP contribution in [0.25, 0.3) is 16.7 Å². The van der Waals surface area contributed by atoms with Crippen molar-refractivity contribution in [1.82, 2.24) is 14.0 Å². The van der Waals surface area contributed by atoms with Gasteiger partial charge in [0.25, 0.3) is 11.5 Å². The SMILES string of the molecule is CCOC(=O)c1cc2c(=O)n3ccccc3nc2n(CCCOC)c1=NC(=O)c1ccccc1OCC. The van der Waals surface area contributed by atoms with Crippen LogP contribution in [0.1, 0.15) is 41.0 Å². The number of hydrogen-bond acceptors (Lipinski definition) is 7. The number of carbonyl (C=O) groups is 2. The van der Waals surface area contributed by atoms with Gasteiger partial charge in [0.2, 0.25) is 0 Å². The molecule has 3 aromatic heterocycles. The van der Waals surface area contributed by atoms with E-state index in [0.717, 1.165) is 0 Å².